The Morgan fingerprint density at radius 3 is 3.14 bits per heavy atom. The lowest BCUT2D eigenvalue weighted by Gasteiger charge is -2.25. The second kappa shape index (κ2) is 6.98. The van der Waals surface area contributed by atoms with Crippen molar-refractivity contribution in [3.05, 3.63) is 48.5 Å². The Labute approximate surface area is 129 Å². The molecule has 0 fully saturated rings. The van der Waals surface area contributed by atoms with Crippen molar-refractivity contribution in [2.75, 3.05) is 19.7 Å². The van der Waals surface area contributed by atoms with E-state index in [-0.39, 0.29) is 6.03 Å². The summed E-state index contributed by atoms with van der Waals surface area (Å²) in [7, 11) is 0. The number of nitrogens with one attached hydrogen (secondary N) is 2. The SMILES string of the molecule is O=C(NCCn1ccnc1)NC[C@H]1COc2ccccc2C1. The fourth-order valence-corrected chi connectivity index (χ4v) is 2.54. The van der Waals surface area contributed by atoms with Gasteiger partial charge in [0, 0.05) is 37.9 Å². The quantitative estimate of drug-likeness (QED) is 0.878. The standard InChI is InChI=1S/C16H20N4O2/c21-16(18-6-8-20-7-5-17-12-20)19-10-13-9-14-3-1-2-4-15(14)22-11-13/h1-5,7,12-13H,6,8-11H2,(H2,18,19,21)/t13-/m0/s1. The lowest BCUT2D eigenvalue weighted by Crippen LogP contribution is -2.41. The first kappa shape index (κ1) is 14.4. The Bertz CT molecular complexity index is 612. The number of aromatic nitrogens is 2. The molecule has 0 aliphatic carbocycles. The molecule has 116 valence electrons. The summed E-state index contributed by atoms with van der Waals surface area (Å²) in [5, 5.41) is 5.75. The van der Waals surface area contributed by atoms with E-state index in [0.29, 0.717) is 32.2 Å². The van der Waals surface area contributed by atoms with Gasteiger partial charge in [0.25, 0.3) is 0 Å². The second-order valence-electron chi connectivity index (χ2n) is 5.43. The molecular formula is C16H20N4O2. The van der Waals surface area contributed by atoms with Gasteiger partial charge in [-0.05, 0) is 18.1 Å². The molecule has 2 aromatic rings. The second-order valence-corrected chi connectivity index (χ2v) is 5.43. The van der Waals surface area contributed by atoms with Crippen LogP contribution in [0.2, 0.25) is 0 Å². The van der Waals surface area contributed by atoms with Gasteiger partial charge >= 0.3 is 6.03 Å². The molecule has 22 heavy (non-hydrogen) atoms. The summed E-state index contributed by atoms with van der Waals surface area (Å²) in [6, 6.07) is 7.92. The van der Waals surface area contributed by atoms with Crippen LogP contribution in [0.25, 0.3) is 0 Å². The highest BCUT2D eigenvalue weighted by atomic mass is 16.5. The Balaban J connectivity index is 1.37. The number of nitrogens with zero attached hydrogens (tertiary/aromatic N) is 2. The number of hydrogen-bond acceptors (Lipinski definition) is 3. The smallest absolute Gasteiger partial charge is 0.314 e. The lowest BCUT2D eigenvalue weighted by atomic mass is 9.97. The monoisotopic (exact) mass is 300 g/mol. The average molecular weight is 300 g/mol. The fourth-order valence-electron chi connectivity index (χ4n) is 2.54. The highest BCUT2D eigenvalue weighted by Crippen LogP contribution is 2.26. The van der Waals surface area contributed by atoms with Gasteiger partial charge in [0.15, 0.2) is 0 Å². The molecule has 0 spiro atoms. The first-order valence-corrected chi connectivity index (χ1v) is 7.49. The summed E-state index contributed by atoms with van der Waals surface area (Å²) in [4.78, 5) is 15.7. The molecule has 1 aliphatic rings. The van der Waals surface area contributed by atoms with E-state index >= 15 is 0 Å². The Morgan fingerprint density at radius 1 is 1.36 bits per heavy atom. The third-order valence-corrected chi connectivity index (χ3v) is 3.72. The van der Waals surface area contributed by atoms with Crippen molar-refractivity contribution in [3.63, 3.8) is 0 Å². The number of imidazole rings is 1. The third-order valence-electron chi connectivity index (χ3n) is 3.72. The number of carbonyl (C=O) groups is 1. The van der Waals surface area contributed by atoms with Crippen LogP contribution in [0.15, 0.2) is 43.0 Å². The minimum atomic E-state index is -0.140. The molecule has 2 amide bonds. The van der Waals surface area contributed by atoms with Crippen LogP contribution in [-0.4, -0.2) is 35.3 Å². The molecule has 0 radical (unpaired) electrons. The zero-order valence-electron chi connectivity index (χ0n) is 12.4. The topological polar surface area (TPSA) is 68.2 Å². The van der Waals surface area contributed by atoms with E-state index in [9.17, 15) is 4.79 Å². The molecule has 1 aromatic carbocycles. The van der Waals surface area contributed by atoms with E-state index in [0.717, 1.165) is 12.2 Å². The Kier molecular flexibility index (Phi) is 4.58. The number of para-hydroxylation sites is 1. The Hall–Kier alpha value is -2.50. The van der Waals surface area contributed by atoms with E-state index < -0.39 is 0 Å². The third kappa shape index (κ3) is 3.78. The fraction of sp³-hybridized carbons (Fsp3) is 0.375. The minimum Gasteiger partial charge on any atom is -0.493 e. The van der Waals surface area contributed by atoms with Gasteiger partial charge in [-0.3, -0.25) is 0 Å². The molecule has 2 heterocycles. The summed E-state index contributed by atoms with van der Waals surface area (Å²) >= 11 is 0. The maximum absolute atomic E-state index is 11.8. The van der Waals surface area contributed by atoms with Crippen molar-refractivity contribution >= 4 is 6.03 Å². The molecular weight excluding hydrogens is 280 g/mol. The van der Waals surface area contributed by atoms with Gasteiger partial charge in [-0.2, -0.15) is 0 Å². The van der Waals surface area contributed by atoms with Crippen LogP contribution in [0, 0.1) is 5.92 Å². The van der Waals surface area contributed by atoms with Crippen LogP contribution >= 0.6 is 0 Å². The van der Waals surface area contributed by atoms with E-state index in [4.69, 9.17) is 4.74 Å². The normalized spacial score (nSPS) is 16.5. The van der Waals surface area contributed by atoms with Crippen LogP contribution in [0.1, 0.15) is 5.56 Å². The molecule has 0 unspecified atom stereocenters. The number of hydrogen-bond donors (Lipinski definition) is 2. The Morgan fingerprint density at radius 2 is 2.27 bits per heavy atom. The lowest BCUT2D eigenvalue weighted by molar-refractivity contribution is 0.211. The first-order chi connectivity index (χ1) is 10.8. The molecule has 6 heteroatoms. The van der Waals surface area contributed by atoms with E-state index in [2.05, 4.69) is 21.7 Å². The van der Waals surface area contributed by atoms with Crippen molar-refractivity contribution in [1.82, 2.24) is 20.2 Å². The summed E-state index contributed by atoms with van der Waals surface area (Å²) in [6.07, 6.45) is 6.26. The zero-order valence-corrected chi connectivity index (χ0v) is 12.4. The van der Waals surface area contributed by atoms with Gasteiger partial charge in [-0.1, -0.05) is 18.2 Å². The molecule has 1 aliphatic heterocycles. The molecule has 3 rings (SSSR count). The van der Waals surface area contributed by atoms with Crippen LogP contribution in [0.4, 0.5) is 4.79 Å². The largest absolute Gasteiger partial charge is 0.493 e. The van der Waals surface area contributed by atoms with Crippen molar-refractivity contribution in [2.24, 2.45) is 5.92 Å². The minimum absolute atomic E-state index is 0.140. The summed E-state index contributed by atoms with van der Waals surface area (Å²) < 4.78 is 7.64. The van der Waals surface area contributed by atoms with Gasteiger partial charge < -0.3 is 19.9 Å². The van der Waals surface area contributed by atoms with Crippen LogP contribution in [-0.2, 0) is 13.0 Å². The number of rotatable bonds is 5. The summed E-state index contributed by atoms with van der Waals surface area (Å²) in [6.45, 7) is 2.55. The first-order valence-electron chi connectivity index (χ1n) is 7.49. The molecule has 1 aromatic heterocycles. The molecule has 0 bridgehead atoms. The number of urea groups is 1. The van der Waals surface area contributed by atoms with E-state index in [1.54, 1.807) is 12.5 Å². The maximum Gasteiger partial charge on any atom is 0.314 e. The molecule has 6 nitrogen and oxygen atoms in total. The highest BCUT2D eigenvalue weighted by Gasteiger charge is 2.19. The van der Waals surface area contributed by atoms with Crippen LogP contribution < -0.4 is 15.4 Å². The number of fused-ring (bicyclic) bond motifs is 1. The number of benzene rings is 1. The van der Waals surface area contributed by atoms with Crippen LogP contribution in [0.5, 0.6) is 5.75 Å². The zero-order chi connectivity index (χ0) is 15.2. The van der Waals surface area contributed by atoms with Crippen LogP contribution in [0.3, 0.4) is 0 Å². The molecule has 0 saturated carbocycles. The summed E-state index contributed by atoms with van der Waals surface area (Å²) in [5.41, 5.74) is 1.21. The predicted molar refractivity (Wildman–Crippen MR) is 82.8 cm³/mol. The van der Waals surface area contributed by atoms with Crippen molar-refractivity contribution < 1.29 is 9.53 Å². The van der Waals surface area contributed by atoms with E-state index in [1.165, 1.54) is 5.56 Å². The van der Waals surface area contributed by atoms with Gasteiger partial charge in [0.1, 0.15) is 5.75 Å². The summed E-state index contributed by atoms with van der Waals surface area (Å²) in [5.74, 6) is 1.28. The number of amides is 2. The van der Waals surface area contributed by atoms with E-state index in [1.807, 2.05) is 29.0 Å². The highest BCUT2D eigenvalue weighted by molar-refractivity contribution is 5.73. The molecule has 1 atom stereocenters. The molecule has 0 saturated heterocycles. The van der Waals surface area contributed by atoms with Gasteiger partial charge in [-0.25, -0.2) is 9.78 Å². The predicted octanol–water partition coefficient (Wildman–Crippen LogP) is 1.43. The van der Waals surface area contributed by atoms with Crippen molar-refractivity contribution in [3.8, 4) is 5.75 Å². The maximum atomic E-state index is 11.8. The van der Waals surface area contributed by atoms with Gasteiger partial charge in [-0.15, -0.1) is 0 Å². The van der Waals surface area contributed by atoms with Crippen molar-refractivity contribution in [2.45, 2.75) is 13.0 Å². The van der Waals surface area contributed by atoms with Crippen molar-refractivity contribution in [1.29, 1.82) is 0 Å². The number of ether oxygens (including phenoxy) is 1. The van der Waals surface area contributed by atoms with Gasteiger partial charge in [0.2, 0.25) is 0 Å². The molecule has 2 N–H and O–H groups in total. The average Bonchev–Trinajstić information content (AvgIpc) is 3.06. The number of carbonyl (C=O) groups excluding carboxylic acids is 1. The van der Waals surface area contributed by atoms with Gasteiger partial charge in [0.05, 0.1) is 12.9 Å².